The molecule has 0 aliphatic heterocycles. The molecule has 0 amide bonds. The lowest BCUT2D eigenvalue weighted by Gasteiger charge is -2.66. The van der Waals surface area contributed by atoms with E-state index >= 15 is 0 Å². The highest BCUT2D eigenvalue weighted by molar-refractivity contribution is 5.18. The fourth-order valence-electron chi connectivity index (χ4n) is 7.73. The first kappa shape index (κ1) is 15.2. The molecule has 3 N–H and O–H groups in total. The number of fused-ring (bicyclic) bond motifs is 2. The summed E-state index contributed by atoms with van der Waals surface area (Å²) in [6.07, 6.45) is 7.58. The third kappa shape index (κ3) is 1.82. The van der Waals surface area contributed by atoms with Gasteiger partial charge < -0.3 is 15.3 Å². The molecule has 0 unspecified atom stereocenters. The van der Waals surface area contributed by atoms with Crippen LogP contribution in [0.2, 0.25) is 0 Å². The Bertz CT molecular complexity index is 527. The molecular weight excluding hydrogens is 288 g/mol. The molecule has 4 fully saturated rings. The van der Waals surface area contributed by atoms with Crippen LogP contribution in [0.5, 0.6) is 0 Å². The minimum Gasteiger partial charge on any atom is -0.396 e. The maximum absolute atomic E-state index is 10.9. The number of hydrogen-bond acceptors (Lipinski definition) is 3. The predicted molar refractivity (Wildman–Crippen MR) is 89.8 cm³/mol. The van der Waals surface area contributed by atoms with E-state index in [0.29, 0.717) is 11.8 Å². The van der Waals surface area contributed by atoms with Crippen LogP contribution in [0.1, 0.15) is 73.5 Å². The van der Waals surface area contributed by atoms with Crippen LogP contribution in [-0.2, 0) is 0 Å². The Hall–Kier alpha value is -0.120. The molecule has 4 aliphatic carbocycles. The minimum absolute atomic E-state index is 0.0647. The number of hydrogen-bond donors (Lipinski definition) is 3. The Kier molecular flexibility index (Phi) is 3.12. The number of aliphatic hydroxyl groups is 3. The molecule has 8 atom stereocenters. The van der Waals surface area contributed by atoms with Gasteiger partial charge in [0.15, 0.2) is 0 Å². The molecule has 2 bridgehead atoms. The molecule has 4 rings (SSSR count). The minimum atomic E-state index is -0.775. The van der Waals surface area contributed by atoms with Gasteiger partial charge in [0.1, 0.15) is 0 Å². The zero-order valence-corrected chi connectivity index (χ0v) is 14.7. The SMILES string of the molecule is [2H]C[C@@]1(O)CC[C@]23C[C@H]1C[C@@H]2CC[C@H]1[C@](C)(CO)[C@H](O)CC[C@@]13C. The van der Waals surface area contributed by atoms with E-state index in [1.165, 1.54) is 0 Å². The van der Waals surface area contributed by atoms with Crippen molar-refractivity contribution in [1.82, 2.24) is 0 Å². The quantitative estimate of drug-likeness (QED) is 0.695. The van der Waals surface area contributed by atoms with Gasteiger partial charge in [-0.1, -0.05) is 13.8 Å². The van der Waals surface area contributed by atoms with Gasteiger partial charge in [0, 0.05) is 6.79 Å². The van der Waals surface area contributed by atoms with Gasteiger partial charge in [-0.05, 0) is 86.9 Å². The molecule has 0 heterocycles. The monoisotopic (exact) mass is 323 g/mol. The molecule has 0 aromatic rings. The topological polar surface area (TPSA) is 60.7 Å². The van der Waals surface area contributed by atoms with Crippen molar-refractivity contribution in [2.75, 3.05) is 6.61 Å². The summed E-state index contributed by atoms with van der Waals surface area (Å²) in [5, 5.41) is 31.7. The average Bonchev–Trinajstić information content (AvgIpc) is 2.93. The van der Waals surface area contributed by atoms with Crippen molar-refractivity contribution in [1.29, 1.82) is 0 Å². The first-order chi connectivity index (χ1) is 11.3. The largest absolute Gasteiger partial charge is 0.396 e. The van der Waals surface area contributed by atoms with E-state index in [4.69, 9.17) is 1.37 Å². The summed E-state index contributed by atoms with van der Waals surface area (Å²) in [5.41, 5.74) is -0.778. The van der Waals surface area contributed by atoms with Crippen molar-refractivity contribution in [3.05, 3.63) is 0 Å². The van der Waals surface area contributed by atoms with Crippen LogP contribution in [0.25, 0.3) is 0 Å². The fourth-order valence-corrected chi connectivity index (χ4v) is 7.73. The summed E-state index contributed by atoms with van der Waals surface area (Å²) >= 11 is 0. The lowest BCUT2D eigenvalue weighted by molar-refractivity contribution is -0.213. The molecule has 0 saturated heterocycles. The van der Waals surface area contributed by atoms with E-state index in [1.807, 2.05) is 0 Å². The molecule has 0 aromatic heterocycles. The lowest BCUT2D eigenvalue weighted by atomic mass is 9.39. The molecule has 1 spiro atoms. The summed E-state index contributed by atoms with van der Waals surface area (Å²) in [4.78, 5) is 0. The third-order valence-corrected chi connectivity index (χ3v) is 9.27. The van der Waals surface area contributed by atoms with E-state index < -0.39 is 17.1 Å². The third-order valence-electron chi connectivity index (χ3n) is 9.27. The zero-order valence-electron chi connectivity index (χ0n) is 15.7. The number of rotatable bonds is 1. The first-order valence-electron chi connectivity index (χ1n) is 10.3. The highest BCUT2D eigenvalue weighted by Crippen LogP contribution is 2.75. The van der Waals surface area contributed by atoms with Crippen LogP contribution in [0.3, 0.4) is 0 Å². The van der Waals surface area contributed by atoms with E-state index in [0.717, 1.165) is 51.4 Å². The van der Waals surface area contributed by atoms with Gasteiger partial charge in [0.25, 0.3) is 0 Å². The molecule has 3 nitrogen and oxygen atoms in total. The predicted octanol–water partition coefficient (Wildman–Crippen LogP) is 3.11. The van der Waals surface area contributed by atoms with E-state index in [9.17, 15) is 15.3 Å². The van der Waals surface area contributed by atoms with E-state index in [2.05, 4.69) is 13.8 Å². The van der Waals surface area contributed by atoms with Crippen molar-refractivity contribution in [3.8, 4) is 0 Å². The van der Waals surface area contributed by atoms with Crippen LogP contribution >= 0.6 is 0 Å². The van der Waals surface area contributed by atoms with Crippen LogP contribution in [0.4, 0.5) is 0 Å². The normalized spacial score (nSPS) is 62.4. The van der Waals surface area contributed by atoms with Crippen LogP contribution in [-0.4, -0.2) is 33.6 Å². The van der Waals surface area contributed by atoms with Crippen molar-refractivity contribution < 1.29 is 16.7 Å². The second-order valence-corrected chi connectivity index (χ2v) is 9.86. The second kappa shape index (κ2) is 4.74. The highest BCUT2D eigenvalue weighted by Gasteiger charge is 2.69. The maximum Gasteiger partial charge on any atom is 0.0648 e. The van der Waals surface area contributed by atoms with Crippen molar-refractivity contribution >= 4 is 0 Å². The maximum atomic E-state index is 10.9. The first-order valence-corrected chi connectivity index (χ1v) is 9.56. The standard InChI is InChI=1S/C20H34O3/c1-17(12-21)15-5-4-13-10-14-11-20(13,9-8-19(14,3)23)18(15,2)7-6-16(17)22/h13-16,21-23H,4-12H2,1-3H3/t13-,14+,15-,16+,17-,18-,19+,20-/m0/s1/i3D. The van der Waals surface area contributed by atoms with Gasteiger partial charge in [-0.15, -0.1) is 0 Å². The Morgan fingerprint density at radius 2 is 1.87 bits per heavy atom. The molecule has 0 radical (unpaired) electrons. The Morgan fingerprint density at radius 3 is 2.57 bits per heavy atom. The average molecular weight is 323 g/mol. The summed E-state index contributed by atoms with van der Waals surface area (Å²) in [6.45, 7) is 4.71. The van der Waals surface area contributed by atoms with Gasteiger partial charge in [-0.25, -0.2) is 0 Å². The highest BCUT2D eigenvalue weighted by atomic mass is 16.3. The van der Waals surface area contributed by atoms with Gasteiger partial charge in [-0.3, -0.25) is 0 Å². The lowest BCUT2D eigenvalue weighted by Crippen LogP contribution is -2.62. The molecular formula is C20H34O3. The Balaban J connectivity index is 1.74. The summed E-state index contributed by atoms with van der Waals surface area (Å²) in [6, 6.07) is 0. The molecule has 23 heavy (non-hydrogen) atoms. The molecule has 4 aliphatic rings. The van der Waals surface area contributed by atoms with E-state index in [1.54, 1.807) is 0 Å². The molecule has 3 heteroatoms. The van der Waals surface area contributed by atoms with Crippen molar-refractivity contribution in [2.45, 2.75) is 83.8 Å². The van der Waals surface area contributed by atoms with Crippen molar-refractivity contribution in [2.24, 2.45) is 34.0 Å². The smallest absolute Gasteiger partial charge is 0.0648 e. The fraction of sp³-hybridized carbons (Fsp3) is 1.00. The van der Waals surface area contributed by atoms with Gasteiger partial charge in [-0.2, -0.15) is 0 Å². The summed E-state index contributed by atoms with van der Waals surface area (Å²) < 4.78 is 7.84. The zero-order chi connectivity index (χ0) is 17.4. The number of aliphatic hydroxyl groups excluding tert-OH is 2. The summed E-state index contributed by atoms with van der Waals surface area (Å²) in [7, 11) is 0. The van der Waals surface area contributed by atoms with Gasteiger partial charge in [0.05, 0.1) is 18.3 Å². The Morgan fingerprint density at radius 1 is 1.09 bits per heavy atom. The molecule has 0 aromatic carbocycles. The van der Waals surface area contributed by atoms with Crippen LogP contribution < -0.4 is 0 Å². The van der Waals surface area contributed by atoms with Crippen LogP contribution in [0, 0.1) is 34.0 Å². The molecule has 132 valence electrons. The summed E-state index contributed by atoms with van der Waals surface area (Å²) in [5.74, 6) is 1.29. The van der Waals surface area contributed by atoms with E-state index in [-0.39, 0.29) is 30.3 Å². The molecule has 4 saturated carbocycles. The van der Waals surface area contributed by atoms with Gasteiger partial charge >= 0.3 is 0 Å². The Labute approximate surface area is 141 Å². The van der Waals surface area contributed by atoms with Gasteiger partial charge in [0.2, 0.25) is 0 Å². The van der Waals surface area contributed by atoms with Crippen molar-refractivity contribution in [3.63, 3.8) is 0 Å². The van der Waals surface area contributed by atoms with Crippen LogP contribution in [0.15, 0.2) is 0 Å². The second-order valence-electron chi connectivity index (χ2n) is 9.86.